The summed E-state index contributed by atoms with van der Waals surface area (Å²) in [6.45, 7) is 1.86. The predicted octanol–water partition coefficient (Wildman–Crippen LogP) is 6.04. The van der Waals surface area contributed by atoms with Gasteiger partial charge in [0, 0.05) is 6.04 Å². The summed E-state index contributed by atoms with van der Waals surface area (Å²) in [5, 5.41) is 8.92. The van der Waals surface area contributed by atoms with Crippen molar-refractivity contribution in [2.75, 3.05) is 6.61 Å². The van der Waals surface area contributed by atoms with Crippen LogP contribution in [0.1, 0.15) is 54.5 Å². The minimum atomic E-state index is -0.957. The first kappa shape index (κ1) is 24.7. The molecule has 3 aromatic carbocycles. The zero-order valence-electron chi connectivity index (χ0n) is 20.2. The third kappa shape index (κ3) is 6.81. The summed E-state index contributed by atoms with van der Waals surface area (Å²) in [6.07, 6.45) is 6.67. The van der Waals surface area contributed by atoms with Crippen molar-refractivity contribution in [2.45, 2.75) is 51.2 Å². The number of rotatable bonds is 11. The monoisotopic (exact) mass is 471 g/mol. The first-order chi connectivity index (χ1) is 17.1. The molecule has 4 rings (SSSR count). The van der Waals surface area contributed by atoms with Crippen molar-refractivity contribution < 1.29 is 19.5 Å². The molecule has 2 N–H and O–H groups in total. The van der Waals surface area contributed by atoms with Gasteiger partial charge in [0.15, 0.2) is 6.61 Å². The average Bonchev–Trinajstić information content (AvgIpc) is 2.90. The highest BCUT2D eigenvalue weighted by Gasteiger charge is 2.19. The molecule has 0 aliphatic heterocycles. The van der Waals surface area contributed by atoms with Crippen LogP contribution in [0.3, 0.4) is 0 Å². The summed E-state index contributed by atoms with van der Waals surface area (Å²) in [4.78, 5) is 17.2. The Hall–Kier alpha value is -3.41. The summed E-state index contributed by atoms with van der Waals surface area (Å²) in [7, 11) is 0. The van der Waals surface area contributed by atoms with Crippen LogP contribution in [0.2, 0.25) is 0 Å². The Labute approximate surface area is 207 Å². The summed E-state index contributed by atoms with van der Waals surface area (Å²) in [5.41, 5.74) is 9.32. The number of carboxylic acid groups (broad SMARTS) is 1. The molecule has 0 spiro atoms. The predicted molar refractivity (Wildman–Crippen MR) is 137 cm³/mol. The van der Waals surface area contributed by atoms with Gasteiger partial charge in [-0.25, -0.2) is 4.79 Å². The zero-order chi connectivity index (χ0) is 24.5. The van der Waals surface area contributed by atoms with Crippen molar-refractivity contribution in [2.24, 2.45) is 0 Å². The fourth-order valence-corrected chi connectivity index (χ4v) is 4.48. The molecule has 182 valence electrons. The molecule has 5 nitrogen and oxygen atoms in total. The van der Waals surface area contributed by atoms with E-state index in [1.165, 1.54) is 11.1 Å². The molecule has 0 amide bonds. The summed E-state index contributed by atoms with van der Waals surface area (Å²) in [5.74, 6) is -0.264. The van der Waals surface area contributed by atoms with E-state index in [1.54, 1.807) is 0 Å². The number of allylic oxidation sites excluding steroid dienone is 1. The second-order valence-electron chi connectivity index (χ2n) is 8.89. The molecule has 0 fully saturated rings. The SMILES string of the molecule is CCC(CC=C1CCc2c(cccc2OCC(=O)O)C1)NOC(c1ccccc1)c1ccccc1. The highest BCUT2D eigenvalue weighted by atomic mass is 16.7. The number of hydrogen-bond acceptors (Lipinski definition) is 4. The summed E-state index contributed by atoms with van der Waals surface area (Å²) >= 11 is 0. The molecule has 0 saturated carbocycles. The fraction of sp³-hybridized carbons (Fsp3) is 0.300. The molecule has 0 saturated heterocycles. The minimum Gasteiger partial charge on any atom is -0.482 e. The van der Waals surface area contributed by atoms with Gasteiger partial charge in [-0.15, -0.1) is 0 Å². The number of carbonyl (C=O) groups is 1. The maximum Gasteiger partial charge on any atom is 0.341 e. The van der Waals surface area contributed by atoms with E-state index in [4.69, 9.17) is 14.7 Å². The number of carboxylic acids is 1. The Kier molecular flexibility index (Phi) is 8.71. The molecule has 3 aromatic rings. The lowest BCUT2D eigenvalue weighted by Gasteiger charge is -2.24. The molecule has 5 heteroatoms. The van der Waals surface area contributed by atoms with Gasteiger partial charge >= 0.3 is 5.97 Å². The quantitative estimate of drug-likeness (QED) is 0.263. The highest BCUT2D eigenvalue weighted by Crippen LogP contribution is 2.32. The first-order valence-electron chi connectivity index (χ1n) is 12.3. The van der Waals surface area contributed by atoms with Crippen LogP contribution in [-0.4, -0.2) is 23.7 Å². The fourth-order valence-electron chi connectivity index (χ4n) is 4.48. The smallest absolute Gasteiger partial charge is 0.341 e. The topological polar surface area (TPSA) is 67.8 Å². The van der Waals surface area contributed by atoms with Crippen LogP contribution in [0, 0.1) is 0 Å². The second kappa shape index (κ2) is 12.3. The van der Waals surface area contributed by atoms with Crippen LogP contribution in [0.5, 0.6) is 5.75 Å². The molecule has 1 unspecified atom stereocenters. The highest BCUT2D eigenvalue weighted by molar-refractivity contribution is 5.68. The lowest BCUT2D eigenvalue weighted by Crippen LogP contribution is -2.30. The van der Waals surface area contributed by atoms with E-state index < -0.39 is 5.97 Å². The van der Waals surface area contributed by atoms with Gasteiger partial charge in [-0.1, -0.05) is 91.4 Å². The van der Waals surface area contributed by atoms with Gasteiger partial charge in [0.05, 0.1) is 0 Å². The molecule has 1 aliphatic rings. The zero-order valence-corrected chi connectivity index (χ0v) is 20.2. The Morgan fingerprint density at radius 2 is 1.66 bits per heavy atom. The van der Waals surface area contributed by atoms with Crippen LogP contribution < -0.4 is 10.2 Å². The second-order valence-corrected chi connectivity index (χ2v) is 8.89. The van der Waals surface area contributed by atoms with E-state index in [1.807, 2.05) is 48.5 Å². The van der Waals surface area contributed by atoms with Gasteiger partial charge in [0.25, 0.3) is 0 Å². The molecule has 1 atom stereocenters. The van der Waals surface area contributed by atoms with Crippen molar-refractivity contribution in [1.82, 2.24) is 5.48 Å². The van der Waals surface area contributed by atoms with E-state index in [0.29, 0.717) is 5.75 Å². The number of hydrogen-bond donors (Lipinski definition) is 2. The van der Waals surface area contributed by atoms with Crippen LogP contribution >= 0.6 is 0 Å². The third-order valence-electron chi connectivity index (χ3n) is 6.44. The molecule has 35 heavy (non-hydrogen) atoms. The Balaban J connectivity index is 1.39. The number of aliphatic carboxylic acids is 1. The van der Waals surface area contributed by atoms with Crippen LogP contribution in [0.15, 0.2) is 90.5 Å². The van der Waals surface area contributed by atoms with Crippen molar-refractivity contribution in [3.63, 3.8) is 0 Å². The number of fused-ring (bicyclic) bond motifs is 1. The lowest BCUT2D eigenvalue weighted by molar-refractivity contribution is -0.139. The number of ether oxygens (including phenoxy) is 1. The maximum atomic E-state index is 10.9. The van der Waals surface area contributed by atoms with E-state index >= 15 is 0 Å². The van der Waals surface area contributed by atoms with Gasteiger partial charge in [0.2, 0.25) is 0 Å². The molecule has 0 bridgehead atoms. The molecule has 0 radical (unpaired) electrons. The number of benzene rings is 3. The van der Waals surface area contributed by atoms with Gasteiger partial charge in [-0.2, -0.15) is 5.48 Å². The largest absolute Gasteiger partial charge is 0.482 e. The Morgan fingerprint density at radius 3 is 2.29 bits per heavy atom. The van der Waals surface area contributed by atoms with Gasteiger partial charge in [0.1, 0.15) is 11.9 Å². The van der Waals surface area contributed by atoms with Crippen molar-refractivity contribution in [3.05, 3.63) is 113 Å². The van der Waals surface area contributed by atoms with E-state index in [2.05, 4.69) is 48.8 Å². The number of nitrogens with one attached hydrogen (secondary N) is 1. The Morgan fingerprint density at radius 1 is 0.971 bits per heavy atom. The average molecular weight is 472 g/mol. The van der Waals surface area contributed by atoms with E-state index in [-0.39, 0.29) is 18.8 Å². The van der Waals surface area contributed by atoms with Crippen LogP contribution in [0.4, 0.5) is 0 Å². The third-order valence-corrected chi connectivity index (χ3v) is 6.44. The van der Waals surface area contributed by atoms with E-state index in [0.717, 1.165) is 48.8 Å². The van der Waals surface area contributed by atoms with Crippen LogP contribution in [0.25, 0.3) is 0 Å². The van der Waals surface area contributed by atoms with Crippen molar-refractivity contribution in [3.8, 4) is 5.75 Å². The maximum absolute atomic E-state index is 10.9. The minimum absolute atomic E-state index is 0.176. The lowest BCUT2D eigenvalue weighted by atomic mass is 9.86. The van der Waals surface area contributed by atoms with Gasteiger partial charge in [-0.3, -0.25) is 4.84 Å². The molecule has 0 heterocycles. The summed E-state index contributed by atoms with van der Waals surface area (Å²) < 4.78 is 5.50. The Bertz CT molecular complexity index is 1090. The summed E-state index contributed by atoms with van der Waals surface area (Å²) in [6, 6.07) is 26.7. The standard InChI is InChI=1S/C30H33NO4/c1-2-26(31-35-30(23-10-5-3-6-11-23)24-12-7-4-8-13-24)18-16-22-17-19-27-25(20-22)14-9-15-28(27)34-21-29(32)33/h3-16,26,30-31H,2,17-21H2,1H3,(H,32,33). The van der Waals surface area contributed by atoms with Gasteiger partial charge < -0.3 is 9.84 Å². The molecule has 1 aliphatic carbocycles. The molecular formula is C30H33NO4. The van der Waals surface area contributed by atoms with Crippen LogP contribution in [-0.2, 0) is 22.5 Å². The first-order valence-corrected chi connectivity index (χ1v) is 12.3. The van der Waals surface area contributed by atoms with E-state index in [9.17, 15) is 4.79 Å². The molecule has 0 aromatic heterocycles. The van der Waals surface area contributed by atoms with Crippen molar-refractivity contribution in [1.29, 1.82) is 0 Å². The van der Waals surface area contributed by atoms with Crippen molar-refractivity contribution >= 4 is 5.97 Å². The van der Waals surface area contributed by atoms with Gasteiger partial charge in [-0.05, 0) is 60.4 Å². The number of hydroxylamine groups is 1. The molecular weight excluding hydrogens is 438 g/mol. The normalized spacial score (nSPS) is 15.1.